The number of nitrogens with zero attached hydrogens (tertiary/aromatic N) is 5. The second-order valence-corrected chi connectivity index (χ2v) is 8.89. The Labute approximate surface area is 201 Å². The average molecular weight is 480 g/mol. The minimum Gasteiger partial charge on any atom is -0.466 e. The first-order valence-electron chi connectivity index (χ1n) is 11.5. The van der Waals surface area contributed by atoms with Gasteiger partial charge in [-0.25, -0.2) is 9.67 Å². The van der Waals surface area contributed by atoms with Crippen LogP contribution in [0.25, 0.3) is 11.0 Å². The lowest BCUT2D eigenvalue weighted by Crippen LogP contribution is -2.33. The van der Waals surface area contributed by atoms with Crippen molar-refractivity contribution in [3.63, 3.8) is 0 Å². The van der Waals surface area contributed by atoms with E-state index in [-0.39, 0.29) is 24.0 Å². The summed E-state index contributed by atoms with van der Waals surface area (Å²) in [4.78, 5) is 20.2. The van der Waals surface area contributed by atoms with E-state index in [9.17, 15) is 4.79 Å². The van der Waals surface area contributed by atoms with Crippen molar-refractivity contribution in [3.05, 3.63) is 65.2 Å². The summed E-state index contributed by atoms with van der Waals surface area (Å²) in [6, 6.07) is 13.0. The number of anilines is 1. The van der Waals surface area contributed by atoms with Gasteiger partial charge < -0.3 is 15.0 Å². The minimum atomic E-state index is -0.364. The van der Waals surface area contributed by atoms with Crippen molar-refractivity contribution in [2.24, 2.45) is 5.92 Å². The number of esters is 1. The van der Waals surface area contributed by atoms with Gasteiger partial charge in [0.25, 0.3) is 0 Å². The van der Waals surface area contributed by atoms with Gasteiger partial charge in [-0.15, -0.1) is 5.10 Å². The third-order valence-corrected chi connectivity index (χ3v) is 6.60. The Kier molecular flexibility index (Phi) is 6.44. The number of aromatic amines is 1. The van der Waals surface area contributed by atoms with Crippen LogP contribution in [0.2, 0.25) is 5.02 Å². The number of imidazole rings is 1. The quantitative estimate of drug-likeness (QED) is 0.369. The number of hydrogen-bond acceptors (Lipinski definition) is 7. The molecule has 2 aromatic carbocycles. The molecule has 5 rings (SSSR count). The van der Waals surface area contributed by atoms with Gasteiger partial charge >= 0.3 is 5.97 Å². The Hall–Kier alpha value is -3.46. The van der Waals surface area contributed by atoms with Gasteiger partial charge in [-0.1, -0.05) is 36.6 Å². The molecule has 4 aromatic rings. The first kappa shape index (κ1) is 22.3. The van der Waals surface area contributed by atoms with Crippen LogP contribution in [0.3, 0.4) is 0 Å². The van der Waals surface area contributed by atoms with Crippen molar-refractivity contribution in [1.29, 1.82) is 0 Å². The maximum absolute atomic E-state index is 12.7. The fraction of sp³-hybridized carbons (Fsp3) is 0.375. The standard InChI is InChI=1S/C24H26ClN7O2/c1-2-34-24(33)18-5-3-4-6-21(18)32-23(29-30-31-32)22(15-7-9-16(25)10-8-15)28-17-11-12-19-20(13-17)27-14-26-19/h7-14,18,21-22,28H,2-6H2,1H3,(H,26,27). The molecule has 9 nitrogen and oxygen atoms in total. The van der Waals surface area contributed by atoms with Gasteiger partial charge in [-0.3, -0.25) is 4.79 Å². The largest absolute Gasteiger partial charge is 0.466 e. The molecule has 2 heterocycles. The molecule has 0 spiro atoms. The highest BCUT2D eigenvalue weighted by Gasteiger charge is 2.37. The van der Waals surface area contributed by atoms with Crippen LogP contribution in [0.15, 0.2) is 48.8 Å². The second-order valence-electron chi connectivity index (χ2n) is 8.46. The fourth-order valence-electron chi connectivity index (χ4n) is 4.70. The predicted molar refractivity (Wildman–Crippen MR) is 128 cm³/mol. The Morgan fingerprint density at radius 3 is 2.88 bits per heavy atom. The third-order valence-electron chi connectivity index (χ3n) is 6.34. The number of carbonyl (C=O) groups excluding carboxylic acids is 1. The molecular weight excluding hydrogens is 454 g/mol. The van der Waals surface area contributed by atoms with Crippen LogP contribution in [0.4, 0.5) is 5.69 Å². The van der Waals surface area contributed by atoms with Crippen molar-refractivity contribution < 1.29 is 9.53 Å². The molecule has 1 fully saturated rings. The van der Waals surface area contributed by atoms with Crippen molar-refractivity contribution >= 4 is 34.3 Å². The molecule has 2 aromatic heterocycles. The number of carbonyl (C=O) groups is 1. The van der Waals surface area contributed by atoms with E-state index in [1.807, 2.05) is 54.1 Å². The molecule has 1 aliphatic rings. The topological polar surface area (TPSA) is 111 Å². The molecule has 0 radical (unpaired) electrons. The van der Waals surface area contributed by atoms with Gasteiger partial charge in [0.2, 0.25) is 0 Å². The van der Waals surface area contributed by atoms with E-state index in [0.717, 1.165) is 48.0 Å². The van der Waals surface area contributed by atoms with Crippen molar-refractivity contribution in [2.45, 2.75) is 44.7 Å². The van der Waals surface area contributed by atoms with Crippen LogP contribution in [-0.4, -0.2) is 42.8 Å². The van der Waals surface area contributed by atoms with Crippen molar-refractivity contribution in [3.8, 4) is 0 Å². The number of rotatable bonds is 7. The molecule has 0 saturated heterocycles. The van der Waals surface area contributed by atoms with E-state index in [4.69, 9.17) is 16.3 Å². The van der Waals surface area contributed by atoms with Crippen molar-refractivity contribution in [1.82, 2.24) is 30.2 Å². The zero-order valence-electron chi connectivity index (χ0n) is 18.8. The first-order valence-corrected chi connectivity index (χ1v) is 11.9. The highest BCUT2D eigenvalue weighted by atomic mass is 35.5. The Morgan fingerprint density at radius 2 is 2.06 bits per heavy atom. The van der Waals surface area contributed by atoms with E-state index < -0.39 is 0 Å². The van der Waals surface area contributed by atoms with Crippen LogP contribution in [0, 0.1) is 5.92 Å². The molecule has 0 bridgehead atoms. The summed E-state index contributed by atoms with van der Waals surface area (Å²) in [6.07, 6.45) is 5.24. The highest BCUT2D eigenvalue weighted by Crippen LogP contribution is 2.37. The molecule has 1 aliphatic carbocycles. The lowest BCUT2D eigenvalue weighted by atomic mass is 9.84. The predicted octanol–water partition coefficient (Wildman–Crippen LogP) is 4.70. The molecule has 0 aliphatic heterocycles. The number of aromatic nitrogens is 6. The Balaban J connectivity index is 1.53. The summed E-state index contributed by atoms with van der Waals surface area (Å²) in [7, 11) is 0. The summed E-state index contributed by atoms with van der Waals surface area (Å²) < 4.78 is 7.18. The second kappa shape index (κ2) is 9.80. The smallest absolute Gasteiger partial charge is 0.311 e. The summed E-state index contributed by atoms with van der Waals surface area (Å²) in [5, 5.41) is 17.0. The summed E-state index contributed by atoms with van der Waals surface area (Å²) in [5.74, 6) is 0.172. The number of H-pyrrole nitrogens is 1. The molecule has 0 amide bonds. The van der Waals surface area contributed by atoms with Gasteiger partial charge in [0.05, 0.1) is 35.9 Å². The number of halogens is 1. The van der Waals surface area contributed by atoms with Gasteiger partial charge in [-0.2, -0.15) is 0 Å². The fourth-order valence-corrected chi connectivity index (χ4v) is 4.83. The normalized spacial score (nSPS) is 19.1. The Bertz CT molecular complexity index is 1270. The first-order chi connectivity index (χ1) is 16.6. The zero-order chi connectivity index (χ0) is 23.5. The van der Waals surface area contributed by atoms with E-state index in [0.29, 0.717) is 17.5 Å². The summed E-state index contributed by atoms with van der Waals surface area (Å²) in [6.45, 7) is 2.19. The Morgan fingerprint density at radius 1 is 1.24 bits per heavy atom. The number of ether oxygens (including phenoxy) is 1. The minimum absolute atomic E-state index is 0.163. The monoisotopic (exact) mass is 479 g/mol. The summed E-state index contributed by atoms with van der Waals surface area (Å²) in [5.41, 5.74) is 3.65. The molecule has 3 unspecified atom stereocenters. The van der Waals surface area contributed by atoms with Gasteiger partial charge in [0, 0.05) is 10.7 Å². The number of nitrogens with one attached hydrogen (secondary N) is 2. The molecule has 34 heavy (non-hydrogen) atoms. The maximum Gasteiger partial charge on any atom is 0.311 e. The maximum atomic E-state index is 12.7. The van der Waals surface area contributed by atoms with Crippen LogP contribution in [0.1, 0.15) is 56.1 Å². The molecule has 1 saturated carbocycles. The SMILES string of the molecule is CCOC(=O)C1CCCCC1n1nnnc1C(Nc1ccc2nc[nH]c2c1)c1ccc(Cl)cc1. The van der Waals surface area contributed by atoms with E-state index >= 15 is 0 Å². The zero-order valence-corrected chi connectivity index (χ0v) is 19.6. The highest BCUT2D eigenvalue weighted by molar-refractivity contribution is 6.30. The number of benzene rings is 2. The van der Waals surface area contributed by atoms with Crippen molar-refractivity contribution in [2.75, 3.05) is 11.9 Å². The lowest BCUT2D eigenvalue weighted by Gasteiger charge is -2.31. The van der Waals surface area contributed by atoms with Crippen LogP contribution < -0.4 is 5.32 Å². The van der Waals surface area contributed by atoms with Crippen LogP contribution in [0.5, 0.6) is 0 Å². The molecule has 10 heteroatoms. The van der Waals surface area contributed by atoms with E-state index in [1.54, 1.807) is 6.33 Å². The van der Waals surface area contributed by atoms with Crippen LogP contribution >= 0.6 is 11.6 Å². The van der Waals surface area contributed by atoms with Crippen LogP contribution in [-0.2, 0) is 9.53 Å². The number of tetrazole rings is 1. The summed E-state index contributed by atoms with van der Waals surface area (Å²) >= 11 is 6.16. The number of hydrogen-bond donors (Lipinski definition) is 2. The van der Waals surface area contributed by atoms with Gasteiger partial charge in [-0.05, 0) is 66.1 Å². The molecular formula is C24H26ClN7O2. The number of fused-ring (bicyclic) bond motifs is 1. The van der Waals surface area contributed by atoms with E-state index in [2.05, 4.69) is 30.8 Å². The third kappa shape index (κ3) is 4.48. The van der Waals surface area contributed by atoms with Gasteiger partial charge in [0.1, 0.15) is 6.04 Å². The molecule has 3 atom stereocenters. The molecule has 2 N–H and O–H groups in total. The van der Waals surface area contributed by atoms with E-state index in [1.165, 1.54) is 0 Å². The average Bonchev–Trinajstić information content (AvgIpc) is 3.53. The molecule has 176 valence electrons. The van der Waals surface area contributed by atoms with Gasteiger partial charge in [0.15, 0.2) is 5.82 Å². The lowest BCUT2D eigenvalue weighted by molar-refractivity contribution is -0.151.